The molecule has 0 saturated carbocycles. The summed E-state index contributed by atoms with van der Waals surface area (Å²) < 4.78 is 0. The molecule has 0 unspecified atom stereocenters. The van der Waals surface area contributed by atoms with Crippen LogP contribution in [0.25, 0.3) is 5.57 Å². The lowest BCUT2D eigenvalue weighted by atomic mass is 9.91. The minimum atomic E-state index is 0.0365. The Labute approximate surface area is 131 Å². The molecule has 1 N–H and O–H groups in total. The Morgan fingerprint density at radius 3 is 2.77 bits per heavy atom. The summed E-state index contributed by atoms with van der Waals surface area (Å²) in [6.07, 6.45) is 8.26. The fourth-order valence-electron chi connectivity index (χ4n) is 4.08. The van der Waals surface area contributed by atoms with Crippen molar-refractivity contribution in [3.63, 3.8) is 0 Å². The van der Waals surface area contributed by atoms with E-state index in [1.807, 2.05) is 12.1 Å². The molecule has 2 aliphatic carbocycles. The second kappa shape index (κ2) is 4.98. The van der Waals surface area contributed by atoms with Gasteiger partial charge < -0.3 is 5.32 Å². The van der Waals surface area contributed by atoms with E-state index >= 15 is 0 Å². The number of hydrogen-bond acceptors (Lipinski definition) is 1. The SMILES string of the molecule is CC1=C(C=C2C(=O)Nc3cccc(C)c32)CC2=C1CCCC2. The number of allylic oxidation sites excluding steroid dienone is 5. The van der Waals surface area contributed by atoms with Crippen LogP contribution in [0.3, 0.4) is 0 Å². The summed E-state index contributed by atoms with van der Waals surface area (Å²) in [6, 6.07) is 6.06. The molecule has 4 rings (SSSR count). The van der Waals surface area contributed by atoms with Crippen LogP contribution >= 0.6 is 0 Å². The minimum absolute atomic E-state index is 0.0365. The largest absolute Gasteiger partial charge is 0.321 e. The molecule has 22 heavy (non-hydrogen) atoms. The molecule has 1 heterocycles. The number of anilines is 1. The average molecular weight is 291 g/mol. The highest BCUT2D eigenvalue weighted by Crippen LogP contribution is 2.43. The van der Waals surface area contributed by atoms with Gasteiger partial charge in [-0.15, -0.1) is 0 Å². The summed E-state index contributed by atoms with van der Waals surface area (Å²) in [5.41, 5.74) is 9.96. The number of rotatable bonds is 1. The first kappa shape index (κ1) is 13.6. The van der Waals surface area contributed by atoms with E-state index in [-0.39, 0.29) is 5.91 Å². The molecular weight excluding hydrogens is 270 g/mol. The third-order valence-electron chi connectivity index (χ3n) is 5.27. The summed E-state index contributed by atoms with van der Waals surface area (Å²) in [7, 11) is 0. The molecule has 0 bridgehead atoms. The Morgan fingerprint density at radius 2 is 1.95 bits per heavy atom. The van der Waals surface area contributed by atoms with Crippen LogP contribution in [0.1, 0.15) is 50.2 Å². The number of carbonyl (C=O) groups excluding carboxylic acids is 1. The van der Waals surface area contributed by atoms with Gasteiger partial charge in [0.15, 0.2) is 0 Å². The van der Waals surface area contributed by atoms with Gasteiger partial charge in [0, 0.05) is 16.8 Å². The van der Waals surface area contributed by atoms with Crippen LogP contribution in [-0.2, 0) is 4.79 Å². The van der Waals surface area contributed by atoms with E-state index in [2.05, 4.69) is 31.3 Å². The third kappa shape index (κ3) is 1.98. The number of amides is 1. The maximum absolute atomic E-state index is 12.4. The molecule has 1 aromatic carbocycles. The molecule has 112 valence electrons. The van der Waals surface area contributed by atoms with Gasteiger partial charge >= 0.3 is 0 Å². The van der Waals surface area contributed by atoms with E-state index in [4.69, 9.17) is 0 Å². The molecule has 2 heteroatoms. The molecule has 1 amide bonds. The molecule has 0 aromatic heterocycles. The molecule has 1 aromatic rings. The van der Waals surface area contributed by atoms with E-state index in [0.29, 0.717) is 0 Å². The first-order valence-corrected chi connectivity index (χ1v) is 8.19. The molecule has 0 spiro atoms. The zero-order chi connectivity index (χ0) is 15.3. The lowest BCUT2D eigenvalue weighted by Crippen LogP contribution is -2.04. The van der Waals surface area contributed by atoms with Crippen LogP contribution in [0.4, 0.5) is 5.69 Å². The molecule has 0 radical (unpaired) electrons. The maximum atomic E-state index is 12.4. The summed E-state index contributed by atoms with van der Waals surface area (Å²) in [6.45, 7) is 4.30. The van der Waals surface area contributed by atoms with Gasteiger partial charge in [-0.1, -0.05) is 17.7 Å². The number of hydrogen-bond donors (Lipinski definition) is 1. The Morgan fingerprint density at radius 1 is 1.14 bits per heavy atom. The van der Waals surface area contributed by atoms with Crippen molar-refractivity contribution in [3.8, 4) is 0 Å². The van der Waals surface area contributed by atoms with Crippen molar-refractivity contribution in [1.82, 2.24) is 0 Å². The summed E-state index contributed by atoms with van der Waals surface area (Å²) >= 11 is 0. The second-order valence-corrected chi connectivity index (χ2v) is 6.63. The number of aryl methyl sites for hydroxylation is 1. The first-order valence-electron chi connectivity index (χ1n) is 8.19. The van der Waals surface area contributed by atoms with Crippen LogP contribution in [0.2, 0.25) is 0 Å². The fourth-order valence-corrected chi connectivity index (χ4v) is 4.08. The Bertz CT molecular complexity index is 777. The summed E-state index contributed by atoms with van der Waals surface area (Å²) in [5, 5.41) is 3.00. The molecule has 1 aliphatic heterocycles. The van der Waals surface area contributed by atoms with E-state index in [9.17, 15) is 4.79 Å². The Balaban J connectivity index is 1.77. The highest BCUT2D eigenvalue weighted by Gasteiger charge is 2.28. The average Bonchev–Trinajstić information content (AvgIpc) is 2.99. The predicted octanol–water partition coefficient (Wildman–Crippen LogP) is 4.92. The highest BCUT2D eigenvalue weighted by atomic mass is 16.2. The van der Waals surface area contributed by atoms with Crippen LogP contribution in [0, 0.1) is 6.92 Å². The lowest BCUT2D eigenvalue weighted by molar-refractivity contribution is -0.110. The number of benzene rings is 1. The van der Waals surface area contributed by atoms with Crippen molar-refractivity contribution < 1.29 is 4.79 Å². The van der Waals surface area contributed by atoms with Crippen LogP contribution < -0.4 is 5.32 Å². The normalized spacial score (nSPS) is 22.3. The van der Waals surface area contributed by atoms with Crippen molar-refractivity contribution in [1.29, 1.82) is 0 Å². The van der Waals surface area contributed by atoms with E-state index in [1.54, 1.807) is 11.1 Å². The van der Waals surface area contributed by atoms with E-state index in [1.165, 1.54) is 36.8 Å². The van der Waals surface area contributed by atoms with Gasteiger partial charge in [-0.3, -0.25) is 4.79 Å². The van der Waals surface area contributed by atoms with Gasteiger partial charge in [-0.25, -0.2) is 0 Å². The second-order valence-electron chi connectivity index (χ2n) is 6.63. The van der Waals surface area contributed by atoms with Crippen molar-refractivity contribution >= 4 is 17.2 Å². The van der Waals surface area contributed by atoms with Crippen molar-refractivity contribution in [2.75, 3.05) is 5.32 Å². The minimum Gasteiger partial charge on any atom is -0.321 e. The molecule has 0 saturated heterocycles. The van der Waals surface area contributed by atoms with E-state index < -0.39 is 0 Å². The first-order chi connectivity index (χ1) is 10.6. The van der Waals surface area contributed by atoms with Crippen molar-refractivity contribution in [2.24, 2.45) is 0 Å². The van der Waals surface area contributed by atoms with Gasteiger partial charge in [0.05, 0.1) is 0 Å². The maximum Gasteiger partial charge on any atom is 0.256 e. The number of carbonyl (C=O) groups is 1. The quantitative estimate of drug-likeness (QED) is 0.731. The summed E-state index contributed by atoms with van der Waals surface area (Å²) in [4.78, 5) is 12.4. The molecular formula is C20H21NO. The topological polar surface area (TPSA) is 29.1 Å². The van der Waals surface area contributed by atoms with Gasteiger partial charge in [-0.2, -0.15) is 0 Å². The fraction of sp³-hybridized carbons (Fsp3) is 0.350. The van der Waals surface area contributed by atoms with Gasteiger partial charge in [0.25, 0.3) is 5.91 Å². The van der Waals surface area contributed by atoms with Gasteiger partial charge in [0.1, 0.15) is 0 Å². The number of fused-ring (bicyclic) bond motifs is 1. The zero-order valence-corrected chi connectivity index (χ0v) is 13.3. The molecule has 0 atom stereocenters. The third-order valence-corrected chi connectivity index (χ3v) is 5.27. The monoisotopic (exact) mass is 291 g/mol. The highest BCUT2D eigenvalue weighted by molar-refractivity contribution is 6.32. The standard InChI is InChI=1S/C20H21NO/c1-12-6-5-9-18-19(12)17(20(22)21-18)11-15-10-14-7-3-4-8-16(14)13(15)2/h5-6,9,11H,3-4,7-8,10H2,1-2H3,(H,21,22). The molecule has 2 nitrogen and oxygen atoms in total. The summed E-state index contributed by atoms with van der Waals surface area (Å²) in [5.74, 6) is 0.0365. The molecule has 0 fully saturated rings. The number of nitrogens with one attached hydrogen (secondary N) is 1. The molecule has 3 aliphatic rings. The van der Waals surface area contributed by atoms with Gasteiger partial charge in [0.2, 0.25) is 0 Å². The zero-order valence-electron chi connectivity index (χ0n) is 13.3. The van der Waals surface area contributed by atoms with Crippen LogP contribution in [0.15, 0.2) is 46.6 Å². The lowest BCUT2D eigenvalue weighted by Gasteiger charge is -2.14. The Kier molecular flexibility index (Phi) is 3.07. The smallest absolute Gasteiger partial charge is 0.256 e. The predicted molar refractivity (Wildman–Crippen MR) is 90.6 cm³/mol. The Hall–Kier alpha value is -2.09. The van der Waals surface area contributed by atoms with Crippen LogP contribution in [0.5, 0.6) is 0 Å². The van der Waals surface area contributed by atoms with Crippen LogP contribution in [-0.4, -0.2) is 5.91 Å². The van der Waals surface area contributed by atoms with Crippen molar-refractivity contribution in [3.05, 3.63) is 57.7 Å². The van der Waals surface area contributed by atoms with Crippen molar-refractivity contribution in [2.45, 2.75) is 46.0 Å². The van der Waals surface area contributed by atoms with Gasteiger partial charge in [-0.05, 0) is 80.4 Å². The van der Waals surface area contributed by atoms with E-state index in [0.717, 1.165) is 28.8 Å².